The Balaban J connectivity index is 1.78. The van der Waals surface area contributed by atoms with Gasteiger partial charge in [0.1, 0.15) is 6.04 Å². The van der Waals surface area contributed by atoms with E-state index < -0.39 is 6.04 Å². The number of amides is 2. The minimum Gasteiger partial charge on any atom is -0.344 e. The molecule has 1 aromatic rings. The van der Waals surface area contributed by atoms with Crippen LogP contribution in [0.25, 0.3) is 0 Å². The van der Waals surface area contributed by atoms with Gasteiger partial charge in [0.25, 0.3) is 0 Å². The second-order valence-electron chi connectivity index (χ2n) is 5.83. The highest BCUT2D eigenvalue weighted by Gasteiger charge is 2.33. The van der Waals surface area contributed by atoms with Crippen molar-refractivity contribution in [1.29, 1.82) is 0 Å². The third-order valence-electron chi connectivity index (χ3n) is 4.04. The van der Waals surface area contributed by atoms with E-state index in [1.165, 1.54) is 0 Å². The van der Waals surface area contributed by atoms with Crippen LogP contribution in [-0.2, 0) is 9.59 Å². The number of nitrogens with zero attached hydrogens (tertiary/aromatic N) is 1. The standard InChI is InChI=1S/C17H24ClN3O2/c18-13-6-8-14(9-7-13)21-12-10-15(17(21)23)20-16(22)5-3-1-2-4-11-19/h6-9,15H,1-5,10-12,19H2,(H,20,22). The number of benzene rings is 1. The molecule has 0 aliphatic carbocycles. The Hall–Kier alpha value is -1.59. The van der Waals surface area contributed by atoms with Crippen molar-refractivity contribution < 1.29 is 9.59 Å². The number of halogens is 1. The molecule has 0 bridgehead atoms. The summed E-state index contributed by atoms with van der Waals surface area (Å²) in [5.41, 5.74) is 6.25. The molecule has 1 saturated heterocycles. The molecule has 1 heterocycles. The maximum atomic E-state index is 12.4. The molecule has 1 unspecified atom stereocenters. The highest BCUT2D eigenvalue weighted by atomic mass is 35.5. The van der Waals surface area contributed by atoms with Gasteiger partial charge >= 0.3 is 0 Å². The van der Waals surface area contributed by atoms with E-state index in [-0.39, 0.29) is 11.8 Å². The summed E-state index contributed by atoms with van der Waals surface area (Å²) in [6, 6.07) is 6.75. The monoisotopic (exact) mass is 337 g/mol. The molecule has 2 amide bonds. The largest absolute Gasteiger partial charge is 0.344 e. The van der Waals surface area contributed by atoms with Gasteiger partial charge in [-0.2, -0.15) is 0 Å². The van der Waals surface area contributed by atoms with Crippen LogP contribution in [0.1, 0.15) is 38.5 Å². The van der Waals surface area contributed by atoms with Gasteiger partial charge in [-0.3, -0.25) is 9.59 Å². The predicted octanol–water partition coefficient (Wildman–Crippen LogP) is 2.47. The Morgan fingerprint density at radius 1 is 1.22 bits per heavy atom. The summed E-state index contributed by atoms with van der Waals surface area (Å²) in [7, 11) is 0. The molecule has 1 aromatic carbocycles. The summed E-state index contributed by atoms with van der Waals surface area (Å²) in [5, 5.41) is 3.49. The fourth-order valence-corrected chi connectivity index (χ4v) is 2.87. The number of carbonyl (C=O) groups excluding carboxylic acids is 2. The minimum absolute atomic E-state index is 0.0472. The third kappa shape index (κ3) is 5.22. The number of carbonyl (C=O) groups is 2. The minimum atomic E-state index is -0.415. The maximum Gasteiger partial charge on any atom is 0.249 e. The van der Waals surface area contributed by atoms with E-state index >= 15 is 0 Å². The lowest BCUT2D eigenvalue weighted by Gasteiger charge is -2.17. The van der Waals surface area contributed by atoms with Crippen LogP contribution in [0.4, 0.5) is 5.69 Å². The summed E-state index contributed by atoms with van der Waals surface area (Å²) in [5.74, 6) is -0.0992. The molecule has 0 spiro atoms. The lowest BCUT2D eigenvalue weighted by Crippen LogP contribution is -2.41. The third-order valence-corrected chi connectivity index (χ3v) is 4.29. The van der Waals surface area contributed by atoms with Gasteiger partial charge < -0.3 is 16.0 Å². The molecule has 1 atom stereocenters. The van der Waals surface area contributed by atoms with E-state index in [0.717, 1.165) is 31.4 Å². The number of hydrogen-bond donors (Lipinski definition) is 2. The maximum absolute atomic E-state index is 12.4. The zero-order chi connectivity index (χ0) is 16.7. The van der Waals surface area contributed by atoms with Gasteiger partial charge in [0.05, 0.1) is 0 Å². The highest BCUT2D eigenvalue weighted by molar-refractivity contribution is 6.30. The van der Waals surface area contributed by atoms with Gasteiger partial charge in [0.2, 0.25) is 11.8 Å². The average Bonchev–Trinajstić information content (AvgIpc) is 2.89. The topological polar surface area (TPSA) is 75.4 Å². The van der Waals surface area contributed by atoms with Crippen LogP contribution in [0.3, 0.4) is 0 Å². The SMILES string of the molecule is NCCCCCCC(=O)NC1CCN(c2ccc(Cl)cc2)C1=O. The van der Waals surface area contributed by atoms with Crippen molar-refractivity contribution in [3.8, 4) is 0 Å². The molecule has 1 aliphatic rings. The first kappa shape index (κ1) is 17.8. The van der Waals surface area contributed by atoms with Crippen LogP contribution in [0.5, 0.6) is 0 Å². The van der Waals surface area contributed by atoms with Crippen LogP contribution in [0, 0.1) is 0 Å². The van der Waals surface area contributed by atoms with Crippen LogP contribution >= 0.6 is 11.6 Å². The van der Waals surface area contributed by atoms with Crippen LogP contribution in [0.15, 0.2) is 24.3 Å². The number of anilines is 1. The first-order valence-corrected chi connectivity index (χ1v) is 8.56. The Morgan fingerprint density at radius 2 is 1.91 bits per heavy atom. The van der Waals surface area contributed by atoms with Crippen molar-refractivity contribution in [2.24, 2.45) is 5.73 Å². The number of nitrogens with one attached hydrogen (secondary N) is 1. The van der Waals surface area contributed by atoms with Gasteiger partial charge in [-0.25, -0.2) is 0 Å². The smallest absolute Gasteiger partial charge is 0.249 e. The number of hydrogen-bond acceptors (Lipinski definition) is 3. The van der Waals surface area contributed by atoms with Crippen molar-refractivity contribution >= 4 is 29.1 Å². The number of rotatable bonds is 8. The molecular formula is C17H24ClN3O2. The van der Waals surface area contributed by atoms with Gasteiger partial charge in [-0.15, -0.1) is 0 Å². The fraction of sp³-hybridized carbons (Fsp3) is 0.529. The summed E-state index contributed by atoms with van der Waals surface area (Å²) >= 11 is 5.87. The van der Waals surface area contributed by atoms with Crippen LogP contribution < -0.4 is 16.0 Å². The second-order valence-corrected chi connectivity index (χ2v) is 6.26. The van der Waals surface area contributed by atoms with E-state index in [1.807, 2.05) is 12.1 Å². The first-order chi connectivity index (χ1) is 11.1. The molecule has 3 N–H and O–H groups in total. The first-order valence-electron chi connectivity index (χ1n) is 8.18. The molecular weight excluding hydrogens is 314 g/mol. The lowest BCUT2D eigenvalue weighted by atomic mass is 10.1. The Labute approximate surface area is 142 Å². The Kier molecular flexibility index (Phi) is 6.86. The van der Waals surface area contributed by atoms with Crippen LogP contribution in [-0.4, -0.2) is 30.9 Å². The van der Waals surface area contributed by atoms with Crippen molar-refractivity contribution in [3.05, 3.63) is 29.3 Å². The quantitative estimate of drug-likeness (QED) is 0.715. The summed E-state index contributed by atoms with van der Waals surface area (Å²) in [6.45, 7) is 1.31. The van der Waals surface area contributed by atoms with Gasteiger partial charge in [0, 0.05) is 23.7 Å². The molecule has 0 saturated carbocycles. The summed E-state index contributed by atoms with van der Waals surface area (Å²) in [6.07, 6.45) is 5.00. The zero-order valence-corrected chi connectivity index (χ0v) is 14.0. The van der Waals surface area contributed by atoms with Gasteiger partial charge in [0.15, 0.2) is 0 Å². The fourth-order valence-electron chi connectivity index (χ4n) is 2.74. The average molecular weight is 338 g/mol. The van der Waals surface area contributed by atoms with Crippen molar-refractivity contribution in [2.75, 3.05) is 18.0 Å². The molecule has 5 nitrogen and oxygen atoms in total. The number of nitrogens with two attached hydrogens (primary N) is 1. The van der Waals surface area contributed by atoms with Crippen molar-refractivity contribution in [3.63, 3.8) is 0 Å². The molecule has 1 fully saturated rings. The van der Waals surface area contributed by atoms with Crippen molar-refractivity contribution in [1.82, 2.24) is 5.32 Å². The number of unbranched alkanes of at least 4 members (excludes halogenated alkanes) is 3. The van der Waals surface area contributed by atoms with Crippen LogP contribution in [0.2, 0.25) is 5.02 Å². The zero-order valence-electron chi connectivity index (χ0n) is 13.3. The van der Waals surface area contributed by atoms with E-state index in [2.05, 4.69) is 5.32 Å². The molecule has 1 aliphatic heterocycles. The normalized spacial score (nSPS) is 17.6. The molecule has 0 radical (unpaired) electrons. The van der Waals surface area contributed by atoms with Gasteiger partial charge in [-0.1, -0.05) is 24.4 Å². The Bertz CT molecular complexity index is 533. The highest BCUT2D eigenvalue weighted by Crippen LogP contribution is 2.23. The molecule has 0 aromatic heterocycles. The summed E-state index contributed by atoms with van der Waals surface area (Å²) in [4.78, 5) is 26.0. The van der Waals surface area contributed by atoms with E-state index in [1.54, 1.807) is 17.0 Å². The predicted molar refractivity (Wildman–Crippen MR) is 92.5 cm³/mol. The summed E-state index contributed by atoms with van der Waals surface area (Å²) < 4.78 is 0. The van der Waals surface area contributed by atoms with E-state index in [4.69, 9.17) is 17.3 Å². The Morgan fingerprint density at radius 3 is 2.61 bits per heavy atom. The second kappa shape index (κ2) is 8.89. The van der Waals surface area contributed by atoms with E-state index in [0.29, 0.717) is 31.0 Å². The van der Waals surface area contributed by atoms with Gasteiger partial charge in [-0.05, 0) is 50.1 Å². The lowest BCUT2D eigenvalue weighted by molar-refractivity contribution is -0.126. The molecule has 6 heteroatoms. The molecule has 2 rings (SSSR count). The van der Waals surface area contributed by atoms with E-state index in [9.17, 15) is 9.59 Å². The van der Waals surface area contributed by atoms with Crippen molar-refractivity contribution in [2.45, 2.75) is 44.6 Å². The molecule has 126 valence electrons. The molecule has 23 heavy (non-hydrogen) atoms.